The molecular formula is C46H25N3S2. The highest BCUT2D eigenvalue weighted by molar-refractivity contribution is 7.27. The summed E-state index contributed by atoms with van der Waals surface area (Å²) in [6, 6.07) is 55.0. The third kappa shape index (κ3) is 3.77. The summed E-state index contributed by atoms with van der Waals surface area (Å²) in [7, 11) is 0. The lowest BCUT2D eigenvalue weighted by Gasteiger charge is -2.13. The third-order valence-corrected chi connectivity index (χ3v) is 12.8. The Morgan fingerprint density at radius 3 is 1.90 bits per heavy atom. The van der Waals surface area contributed by atoms with Crippen molar-refractivity contribution in [2.45, 2.75) is 0 Å². The van der Waals surface area contributed by atoms with E-state index in [0.29, 0.717) is 5.95 Å². The summed E-state index contributed by atoms with van der Waals surface area (Å²) in [6.07, 6.45) is 0. The summed E-state index contributed by atoms with van der Waals surface area (Å²) >= 11 is 3.63. The Kier molecular flexibility index (Phi) is 5.53. The molecule has 12 aromatic rings. The van der Waals surface area contributed by atoms with E-state index in [1.54, 1.807) is 11.3 Å². The standard InChI is InChI=1S/C46H25N3S2/c1-2-12-29-26(11-1)21-22-27-25-28(23-24-30(27)29)42-40-35-17-7-10-20-38(35)51-45(40)48-46(47-42)49-36-18-8-5-15-33(36)41-43(49)32-14-4-3-13-31(32)39-34-16-6-9-19-37(34)50-44(39)41/h1-25H. The van der Waals surface area contributed by atoms with Crippen molar-refractivity contribution in [2.24, 2.45) is 0 Å². The number of hydrogen-bond acceptors (Lipinski definition) is 4. The van der Waals surface area contributed by atoms with Gasteiger partial charge < -0.3 is 0 Å². The SMILES string of the molecule is c1ccc2c(c1)ccc1cc(-c3nc(-n4c5ccccc5c5c6sc7ccccc7c6c6ccccc6c54)nc4sc5ccccc5c34)ccc12. The molecule has 51 heavy (non-hydrogen) atoms. The largest absolute Gasteiger partial charge is 0.277 e. The van der Waals surface area contributed by atoms with E-state index in [-0.39, 0.29) is 0 Å². The molecule has 0 unspecified atom stereocenters. The topological polar surface area (TPSA) is 30.7 Å². The number of rotatable bonds is 2. The Balaban J connectivity index is 1.24. The Morgan fingerprint density at radius 1 is 0.431 bits per heavy atom. The summed E-state index contributed by atoms with van der Waals surface area (Å²) in [5.74, 6) is 0.694. The molecular weight excluding hydrogens is 659 g/mol. The molecule has 3 nitrogen and oxygen atoms in total. The van der Waals surface area contributed by atoms with Gasteiger partial charge >= 0.3 is 0 Å². The molecule has 4 heterocycles. The number of hydrogen-bond donors (Lipinski definition) is 0. The van der Waals surface area contributed by atoms with Crippen molar-refractivity contribution >= 4 is 117 Å². The normalized spacial score (nSPS) is 12.3. The zero-order valence-electron chi connectivity index (χ0n) is 27.1. The Morgan fingerprint density at radius 2 is 1.06 bits per heavy atom. The van der Waals surface area contributed by atoms with E-state index in [2.05, 4.69) is 156 Å². The molecule has 8 aromatic carbocycles. The predicted octanol–water partition coefficient (Wildman–Crippen LogP) is 13.4. The first-order valence-corrected chi connectivity index (χ1v) is 18.8. The lowest BCUT2D eigenvalue weighted by Crippen LogP contribution is -2.03. The van der Waals surface area contributed by atoms with Crippen LogP contribution in [0.3, 0.4) is 0 Å². The number of aromatic nitrogens is 3. The zero-order chi connectivity index (χ0) is 33.2. The smallest absolute Gasteiger partial charge is 0.236 e. The van der Waals surface area contributed by atoms with Crippen molar-refractivity contribution in [1.82, 2.24) is 14.5 Å². The van der Waals surface area contributed by atoms with Crippen molar-refractivity contribution in [3.05, 3.63) is 152 Å². The van der Waals surface area contributed by atoms with E-state index in [1.165, 1.54) is 73.3 Å². The van der Waals surface area contributed by atoms with Crippen molar-refractivity contribution < 1.29 is 0 Å². The summed E-state index contributed by atoms with van der Waals surface area (Å²) < 4.78 is 6.16. The second-order valence-corrected chi connectivity index (χ2v) is 15.4. The maximum absolute atomic E-state index is 5.60. The van der Waals surface area contributed by atoms with E-state index < -0.39 is 0 Å². The van der Waals surface area contributed by atoms with Gasteiger partial charge in [0.1, 0.15) is 4.83 Å². The van der Waals surface area contributed by atoms with Crippen LogP contribution in [-0.4, -0.2) is 14.5 Å². The highest BCUT2D eigenvalue weighted by Gasteiger charge is 2.24. The van der Waals surface area contributed by atoms with Crippen molar-refractivity contribution in [3.63, 3.8) is 0 Å². The van der Waals surface area contributed by atoms with Gasteiger partial charge in [0.25, 0.3) is 0 Å². The number of fused-ring (bicyclic) bond motifs is 16. The predicted molar refractivity (Wildman–Crippen MR) is 220 cm³/mol. The van der Waals surface area contributed by atoms with Gasteiger partial charge in [-0.05, 0) is 51.2 Å². The van der Waals surface area contributed by atoms with Crippen LogP contribution in [0.5, 0.6) is 0 Å². The summed E-state index contributed by atoms with van der Waals surface area (Å²) in [5, 5.41) is 14.8. The van der Waals surface area contributed by atoms with Crippen molar-refractivity contribution in [3.8, 4) is 17.2 Å². The van der Waals surface area contributed by atoms with E-state index in [1.807, 2.05) is 11.3 Å². The van der Waals surface area contributed by atoms with Crippen molar-refractivity contribution in [1.29, 1.82) is 0 Å². The van der Waals surface area contributed by atoms with E-state index in [0.717, 1.165) is 32.5 Å². The second kappa shape index (κ2) is 10.2. The minimum absolute atomic E-state index is 0.694. The van der Waals surface area contributed by atoms with E-state index in [9.17, 15) is 0 Å². The molecule has 0 atom stereocenters. The van der Waals surface area contributed by atoms with Crippen LogP contribution in [0.1, 0.15) is 0 Å². The Labute approximate surface area is 299 Å². The summed E-state index contributed by atoms with van der Waals surface area (Å²) in [6.45, 7) is 0. The first-order chi connectivity index (χ1) is 25.3. The van der Waals surface area contributed by atoms with Gasteiger partial charge in [-0.3, -0.25) is 4.57 Å². The number of para-hydroxylation sites is 1. The number of benzene rings is 8. The highest BCUT2D eigenvalue weighted by atomic mass is 32.1. The van der Waals surface area contributed by atoms with Gasteiger partial charge in [0.15, 0.2) is 0 Å². The average Bonchev–Trinajstić information content (AvgIpc) is 3.87. The number of thiophene rings is 2. The van der Waals surface area contributed by atoms with Crippen molar-refractivity contribution in [2.75, 3.05) is 0 Å². The van der Waals surface area contributed by atoms with Crippen LogP contribution < -0.4 is 0 Å². The fourth-order valence-electron chi connectivity index (χ4n) is 8.41. The minimum Gasteiger partial charge on any atom is -0.277 e. The molecule has 0 saturated carbocycles. The maximum Gasteiger partial charge on any atom is 0.236 e. The van der Waals surface area contributed by atoms with Crippen LogP contribution >= 0.6 is 22.7 Å². The molecule has 0 bridgehead atoms. The fourth-order valence-corrected chi connectivity index (χ4v) is 10.8. The maximum atomic E-state index is 5.60. The molecule has 0 aliphatic carbocycles. The second-order valence-electron chi connectivity index (χ2n) is 13.3. The van der Waals surface area contributed by atoms with Gasteiger partial charge in [-0.1, -0.05) is 127 Å². The Hall–Kier alpha value is -6.14. The molecule has 4 aromatic heterocycles. The van der Waals surface area contributed by atoms with Crippen LogP contribution in [0.4, 0.5) is 0 Å². The van der Waals surface area contributed by atoms with Crippen LogP contribution in [-0.2, 0) is 0 Å². The third-order valence-electron chi connectivity index (χ3n) is 10.6. The molecule has 0 radical (unpaired) electrons. The van der Waals surface area contributed by atoms with Crippen LogP contribution in [0.2, 0.25) is 0 Å². The molecule has 0 N–H and O–H groups in total. The van der Waals surface area contributed by atoms with Gasteiger partial charge in [0.05, 0.1) is 16.7 Å². The first kappa shape index (κ1) is 27.7. The lowest BCUT2D eigenvalue weighted by molar-refractivity contribution is 1.02. The monoisotopic (exact) mass is 683 g/mol. The van der Waals surface area contributed by atoms with Gasteiger partial charge in [0.2, 0.25) is 5.95 Å². The summed E-state index contributed by atoms with van der Waals surface area (Å²) in [5.41, 5.74) is 4.31. The average molecular weight is 684 g/mol. The van der Waals surface area contributed by atoms with E-state index in [4.69, 9.17) is 9.97 Å². The highest BCUT2D eigenvalue weighted by Crippen LogP contribution is 2.48. The minimum atomic E-state index is 0.694. The summed E-state index contributed by atoms with van der Waals surface area (Å²) in [4.78, 5) is 12.0. The molecule has 236 valence electrons. The van der Waals surface area contributed by atoms with Crippen LogP contribution in [0.25, 0.3) is 112 Å². The molecule has 0 saturated heterocycles. The van der Waals surface area contributed by atoms with Gasteiger partial charge in [-0.15, -0.1) is 22.7 Å². The quantitative estimate of drug-likeness (QED) is 0.170. The molecule has 0 aliphatic heterocycles. The van der Waals surface area contributed by atoms with Crippen LogP contribution in [0, 0.1) is 0 Å². The first-order valence-electron chi connectivity index (χ1n) is 17.2. The molecule has 5 heteroatoms. The molecule has 0 aliphatic rings. The molecule has 0 amide bonds. The molecule has 12 rings (SSSR count). The fraction of sp³-hybridized carbons (Fsp3) is 0. The zero-order valence-corrected chi connectivity index (χ0v) is 28.7. The molecule has 0 spiro atoms. The Bertz CT molecular complexity index is 3440. The van der Waals surface area contributed by atoms with Gasteiger partial charge in [-0.2, -0.15) is 0 Å². The molecule has 0 fully saturated rings. The van der Waals surface area contributed by atoms with Crippen LogP contribution in [0.15, 0.2) is 152 Å². The number of nitrogens with zero attached hydrogens (tertiary/aromatic N) is 3. The lowest BCUT2D eigenvalue weighted by atomic mass is 9.98. The van der Waals surface area contributed by atoms with E-state index >= 15 is 0 Å². The van der Waals surface area contributed by atoms with Gasteiger partial charge in [0, 0.05) is 57.4 Å². The van der Waals surface area contributed by atoms with Gasteiger partial charge in [-0.25, -0.2) is 9.97 Å².